The molecule has 2 heterocycles. The average Bonchev–Trinajstić information content (AvgIpc) is 3.32. The van der Waals surface area contributed by atoms with E-state index in [1.807, 2.05) is 45.0 Å². The Balaban J connectivity index is 0.000000616. The van der Waals surface area contributed by atoms with E-state index >= 15 is 4.39 Å². The molecule has 0 aliphatic rings. The number of para-hydroxylation sites is 1. The molecule has 0 bridgehead atoms. The quantitative estimate of drug-likeness (QED) is 0.139. The van der Waals surface area contributed by atoms with Gasteiger partial charge >= 0.3 is 0 Å². The number of aromatic nitrogens is 4. The van der Waals surface area contributed by atoms with Gasteiger partial charge in [-0.25, -0.2) is 14.4 Å². The van der Waals surface area contributed by atoms with Gasteiger partial charge in [-0.2, -0.15) is 5.10 Å². The molecule has 7 nitrogen and oxygen atoms in total. The number of nitrogens with two attached hydrogens (primary N) is 1. The normalized spacial score (nSPS) is 10.8. The molecule has 4 N–H and O–H groups in total. The van der Waals surface area contributed by atoms with Crippen molar-refractivity contribution < 1.29 is 4.39 Å². The van der Waals surface area contributed by atoms with E-state index in [4.69, 9.17) is 15.8 Å². The molecule has 0 fully saturated rings. The predicted octanol–water partition coefficient (Wildman–Crippen LogP) is 8.30. The van der Waals surface area contributed by atoms with Gasteiger partial charge in [0, 0.05) is 23.1 Å². The fraction of sp³-hybridized carbons (Fsp3) is 0.441. The summed E-state index contributed by atoms with van der Waals surface area (Å²) in [4.78, 5) is 9.23. The molecule has 0 saturated heterocycles. The van der Waals surface area contributed by atoms with Crippen molar-refractivity contribution >= 4 is 22.5 Å². The number of aryl methyl sites for hydroxylation is 2. The Kier molecular flexibility index (Phi) is 12.3. The molecule has 0 aliphatic carbocycles. The molecular weight excluding hydrogens is 525 g/mol. The van der Waals surface area contributed by atoms with Crippen molar-refractivity contribution in [1.82, 2.24) is 25.1 Å². The van der Waals surface area contributed by atoms with E-state index in [-0.39, 0.29) is 5.82 Å². The third-order valence-electron chi connectivity index (χ3n) is 7.24. The van der Waals surface area contributed by atoms with Gasteiger partial charge in [0.2, 0.25) is 0 Å². The summed E-state index contributed by atoms with van der Waals surface area (Å²) in [7, 11) is 0. The van der Waals surface area contributed by atoms with Crippen molar-refractivity contribution in [2.45, 2.75) is 93.0 Å². The Hall–Kier alpha value is -3.94. The van der Waals surface area contributed by atoms with Crippen LogP contribution in [-0.4, -0.2) is 26.3 Å². The lowest BCUT2D eigenvalue weighted by atomic mass is 10.0. The number of nitrogens with one attached hydrogen (secondary N) is 2. The number of hydrogen-bond acceptors (Lipinski definition) is 6. The minimum atomic E-state index is -0.209. The van der Waals surface area contributed by atoms with Crippen LogP contribution in [0.5, 0.6) is 0 Å². The van der Waals surface area contributed by atoms with Crippen LogP contribution in [0.15, 0.2) is 48.8 Å². The van der Waals surface area contributed by atoms with E-state index in [9.17, 15) is 0 Å². The van der Waals surface area contributed by atoms with Crippen molar-refractivity contribution in [1.29, 1.82) is 0 Å². The van der Waals surface area contributed by atoms with Crippen LogP contribution in [-0.2, 0) is 13.0 Å². The van der Waals surface area contributed by atoms with Crippen molar-refractivity contribution in [3.63, 3.8) is 0 Å². The molecule has 4 aromatic rings. The molecular formula is C34H48FN7. The number of anilines is 2. The topological polar surface area (TPSA) is 93.7 Å². The van der Waals surface area contributed by atoms with Gasteiger partial charge in [0.15, 0.2) is 5.82 Å². The molecule has 4 rings (SSSR count). The van der Waals surface area contributed by atoms with E-state index in [1.165, 1.54) is 32.1 Å². The van der Waals surface area contributed by atoms with E-state index in [1.54, 1.807) is 10.7 Å². The number of rotatable bonds is 13. The first-order valence-corrected chi connectivity index (χ1v) is 15.3. The number of halogens is 1. The average molecular weight is 574 g/mol. The number of hydrogen-bond donors (Lipinski definition) is 3. The molecule has 2 aromatic heterocycles. The third-order valence-corrected chi connectivity index (χ3v) is 7.24. The fourth-order valence-corrected chi connectivity index (χ4v) is 4.88. The summed E-state index contributed by atoms with van der Waals surface area (Å²) < 4.78 is 16.9. The van der Waals surface area contributed by atoms with E-state index < -0.39 is 0 Å². The molecule has 0 aliphatic heterocycles. The number of nitrogens with zero attached hydrogens (tertiary/aromatic N) is 4. The zero-order valence-electron chi connectivity index (χ0n) is 26.3. The maximum Gasteiger partial charge on any atom is 0.184 e. The van der Waals surface area contributed by atoms with Crippen molar-refractivity contribution in [3.8, 4) is 11.5 Å². The molecule has 0 amide bonds. The van der Waals surface area contributed by atoms with Gasteiger partial charge in [-0.1, -0.05) is 90.1 Å². The van der Waals surface area contributed by atoms with E-state index in [0.717, 1.165) is 47.0 Å². The van der Waals surface area contributed by atoms with Gasteiger partial charge in [-0.3, -0.25) is 4.68 Å². The van der Waals surface area contributed by atoms with Crippen LogP contribution in [0.2, 0.25) is 0 Å². The second-order valence-corrected chi connectivity index (χ2v) is 10.7. The Labute approximate surface area is 250 Å². The second-order valence-electron chi connectivity index (χ2n) is 10.7. The standard InChI is InChI=1S/C27H32FN7.C7H16/c1-6-10-19-13-16(3)21(22(28)14-19)15-35-23-12-9-8-11-20(23)24(34-35)27-32-25(29)17(4)26(33-27)31-18(5)30-7-2;1-3-5-7-6-4-2/h8-9,11-14,30H,5-7,10,15H2,1-4H3,(H3,29,31,32,33);3-7H2,1-2H3. The second kappa shape index (κ2) is 15.9. The molecule has 0 atom stereocenters. The molecule has 0 radical (unpaired) electrons. The first kappa shape index (κ1) is 32.6. The Morgan fingerprint density at radius 2 is 1.69 bits per heavy atom. The minimum absolute atomic E-state index is 0.209. The molecule has 8 heteroatoms. The summed E-state index contributed by atoms with van der Waals surface area (Å²) in [6.45, 7) is 17.4. The molecule has 0 unspecified atom stereocenters. The van der Waals surface area contributed by atoms with E-state index in [0.29, 0.717) is 41.1 Å². The largest absolute Gasteiger partial charge is 0.383 e. The zero-order chi connectivity index (χ0) is 30.6. The molecule has 2 aromatic carbocycles. The highest BCUT2D eigenvalue weighted by Gasteiger charge is 2.19. The highest BCUT2D eigenvalue weighted by molar-refractivity contribution is 5.92. The summed E-state index contributed by atoms with van der Waals surface area (Å²) in [6, 6.07) is 11.5. The van der Waals surface area contributed by atoms with Crippen LogP contribution in [0.4, 0.5) is 16.0 Å². The molecule has 0 saturated carbocycles. The molecule has 226 valence electrons. The Bertz CT molecular complexity index is 1450. The SMILES string of the molecule is C=C(NCC)Nc1nc(-c2nn(Cc3c(C)cc(CCC)cc3F)c3ccccc23)nc(N)c1C.CCCCCCC. The summed E-state index contributed by atoms with van der Waals surface area (Å²) in [5.41, 5.74) is 11.0. The van der Waals surface area contributed by atoms with Crippen LogP contribution in [0.3, 0.4) is 0 Å². The first-order chi connectivity index (χ1) is 20.2. The van der Waals surface area contributed by atoms with Crippen LogP contribution in [0, 0.1) is 19.7 Å². The summed E-state index contributed by atoms with van der Waals surface area (Å²) in [5, 5.41) is 12.0. The number of benzene rings is 2. The molecule has 0 spiro atoms. The smallest absolute Gasteiger partial charge is 0.184 e. The maximum absolute atomic E-state index is 15.1. The molecule has 42 heavy (non-hydrogen) atoms. The Morgan fingerprint density at radius 3 is 2.33 bits per heavy atom. The van der Waals surface area contributed by atoms with Crippen molar-refractivity contribution in [3.05, 3.63) is 76.9 Å². The minimum Gasteiger partial charge on any atom is -0.383 e. The van der Waals surface area contributed by atoms with Crippen molar-refractivity contribution in [2.24, 2.45) is 0 Å². The zero-order valence-corrected chi connectivity index (χ0v) is 26.3. The van der Waals surface area contributed by atoms with Gasteiger partial charge in [0.05, 0.1) is 17.9 Å². The van der Waals surface area contributed by atoms with Gasteiger partial charge in [-0.05, 0) is 50.5 Å². The lowest BCUT2D eigenvalue weighted by molar-refractivity contribution is 0.585. The monoisotopic (exact) mass is 573 g/mol. The van der Waals surface area contributed by atoms with Gasteiger partial charge in [0.25, 0.3) is 0 Å². The highest BCUT2D eigenvalue weighted by atomic mass is 19.1. The first-order valence-electron chi connectivity index (χ1n) is 15.3. The predicted molar refractivity (Wildman–Crippen MR) is 175 cm³/mol. The van der Waals surface area contributed by atoms with Gasteiger partial charge in [0.1, 0.15) is 23.1 Å². The number of unbranched alkanes of at least 4 members (excludes halogenated alkanes) is 4. The summed E-state index contributed by atoms with van der Waals surface area (Å²) in [6.07, 6.45) is 8.84. The fourth-order valence-electron chi connectivity index (χ4n) is 4.88. The number of nitrogen functional groups attached to an aromatic ring is 1. The number of fused-ring (bicyclic) bond motifs is 1. The van der Waals surface area contributed by atoms with Crippen LogP contribution in [0.25, 0.3) is 22.4 Å². The summed E-state index contributed by atoms with van der Waals surface area (Å²) >= 11 is 0. The van der Waals surface area contributed by atoms with Gasteiger partial charge < -0.3 is 16.4 Å². The van der Waals surface area contributed by atoms with Crippen LogP contribution in [0.1, 0.15) is 88.5 Å². The van der Waals surface area contributed by atoms with Gasteiger partial charge in [-0.15, -0.1) is 0 Å². The van der Waals surface area contributed by atoms with Crippen LogP contribution < -0.4 is 16.4 Å². The lowest BCUT2D eigenvalue weighted by Crippen LogP contribution is -2.19. The van der Waals surface area contributed by atoms with Crippen LogP contribution >= 0.6 is 0 Å². The maximum atomic E-state index is 15.1. The third kappa shape index (κ3) is 8.30. The Morgan fingerprint density at radius 1 is 0.976 bits per heavy atom. The highest BCUT2D eigenvalue weighted by Crippen LogP contribution is 2.30. The summed E-state index contributed by atoms with van der Waals surface area (Å²) in [5.74, 6) is 1.72. The lowest BCUT2D eigenvalue weighted by Gasteiger charge is -2.14. The van der Waals surface area contributed by atoms with E-state index in [2.05, 4.69) is 49.0 Å². The van der Waals surface area contributed by atoms with Crippen molar-refractivity contribution in [2.75, 3.05) is 17.6 Å².